The predicted octanol–water partition coefficient (Wildman–Crippen LogP) is 2.00. The Morgan fingerprint density at radius 2 is 1.68 bits per heavy atom. The predicted molar refractivity (Wildman–Crippen MR) is 82.0 cm³/mol. The lowest BCUT2D eigenvalue weighted by atomic mass is 10.1. The van der Waals surface area contributed by atoms with Crippen molar-refractivity contribution in [2.24, 2.45) is 10.7 Å². The monoisotopic (exact) mass is 262 g/mol. The zero-order chi connectivity index (χ0) is 14.3. The Morgan fingerprint density at radius 3 is 2.21 bits per heavy atom. The highest BCUT2D eigenvalue weighted by molar-refractivity contribution is 5.80. The van der Waals surface area contributed by atoms with Crippen LogP contribution in [0.25, 0.3) is 0 Å². The van der Waals surface area contributed by atoms with Crippen molar-refractivity contribution in [1.82, 2.24) is 10.6 Å². The molecule has 0 aromatic heterocycles. The maximum absolute atomic E-state index is 5.65. The number of aliphatic imine (C=N–C) groups is 1. The molecule has 0 unspecified atom stereocenters. The van der Waals surface area contributed by atoms with Crippen molar-refractivity contribution in [2.45, 2.75) is 52.9 Å². The summed E-state index contributed by atoms with van der Waals surface area (Å²) in [5.41, 5.74) is 7.96. The maximum Gasteiger partial charge on any atom is 0.191 e. The summed E-state index contributed by atoms with van der Waals surface area (Å²) in [5, 5.41) is 6.65. The number of guanidine groups is 1. The fourth-order valence-corrected chi connectivity index (χ4v) is 1.71. The van der Waals surface area contributed by atoms with Crippen LogP contribution in [0.4, 0.5) is 0 Å². The Labute approximate surface area is 116 Å². The minimum absolute atomic E-state index is 0.361. The Hall–Kier alpha value is -1.55. The van der Waals surface area contributed by atoms with E-state index in [-0.39, 0.29) is 0 Å². The zero-order valence-electron chi connectivity index (χ0n) is 12.4. The van der Waals surface area contributed by atoms with Gasteiger partial charge in [0.15, 0.2) is 5.96 Å². The largest absolute Gasteiger partial charge is 0.354 e. The fraction of sp³-hybridized carbons (Fsp3) is 0.533. The molecule has 0 spiro atoms. The molecule has 4 N–H and O–H groups in total. The van der Waals surface area contributed by atoms with Crippen molar-refractivity contribution in [3.63, 3.8) is 0 Å². The van der Waals surface area contributed by atoms with Gasteiger partial charge in [0.05, 0.1) is 6.54 Å². The second kappa shape index (κ2) is 7.79. The first-order valence-corrected chi connectivity index (χ1v) is 6.86. The third-order valence-electron chi connectivity index (χ3n) is 2.50. The lowest BCUT2D eigenvalue weighted by molar-refractivity contribution is 0.655. The van der Waals surface area contributed by atoms with Gasteiger partial charge in [0, 0.05) is 18.6 Å². The van der Waals surface area contributed by atoms with E-state index in [4.69, 9.17) is 5.73 Å². The van der Waals surface area contributed by atoms with Crippen molar-refractivity contribution in [3.8, 4) is 0 Å². The quantitative estimate of drug-likeness (QED) is 0.562. The van der Waals surface area contributed by atoms with Gasteiger partial charge in [-0.15, -0.1) is 0 Å². The van der Waals surface area contributed by atoms with E-state index >= 15 is 0 Å². The van der Waals surface area contributed by atoms with Crippen LogP contribution < -0.4 is 16.4 Å². The van der Waals surface area contributed by atoms with E-state index in [0.717, 1.165) is 11.5 Å². The minimum Gasteiger partial charge on any atom is -0.354 e. The molecule has 1 rings (SSSR count). The van der Waals surface area contributed by atoms with Crippen LogP contribution in [-0.2, 0) is 13.1 Å². The molecule has 0 aliphatic carbocycles. The third kappa shape index (κ3) is 6.25. The molecular formula is C15H26N4. The van der Waals surface area contributed by atoms with Crippen LogP contribution in [0.2, 0.25) is 0 Å². The average molecular weight is 262 g/mol. The van der Waals surface area contributed by atoms with Crippen LogP contribution in [0.3, 0.4) is 0 Å². The number of hydrogen-bond acceptors (Lipinski definition) is 2. The van der Waals surface area contributed by atoms with Crippen molar-refractivity contribution in [3.05, 3.63) is 35.4 Å². The smallest absolute Gasteiger partial charge is 0.191 e. The number of nitrogens with zero attached hydrogens (tertiary/aromatic N) is 1. The van der Waals surface area contributed by atoms with E-state index in [2.05, 4.69) is 55.5 Å². The molecule has 0 aliphatic heterocycles. The number of rotatable bonds is 5. The van der Waals surface area contributed by atoms with Gasteiger partial charge in [0.2, 0.25) is 0 Å². The van der Waals surface area contributed by atoms with Gasteiger partial charge in [-0.1, -0.05) is 24.3 Å². The summed E-state index contributed by atoms with van der Waals surface area (Å²) >= 11 is 0. The standard InChI is InChI=1S/C15H26N4/c1-11(2)18-15(19-12(3)4)17-10-14-7-5-6-13(8-14)9-16/h5-8,11-12H,9-10,16H2,1-4H3,(H2,17,18,19). The molecule has 0 fully saturated rings. The number of nitrogens with one attached hydrogen (secondary N) is 2. The van der Waals surface area contributed by atoms with Gasteiger partial charge in [0.25, 0.3) is 0 Å². The van der Waals surface area contributed by atoms with Crippen molar-refractivity contribution >= 4 is 5.96 Å². The topological polar surface area (TPSA) is 62.4 Å². The number of benzene rings is 1. The lowest BCUT2D eigenvalue weighted by Crippen LogP contribution is -2.44. The van der Waals surface area contributed by atoms with Crippen LogP contribution in [0.15, 0.2) is 29.3 Å². The van der Waals surface area contributed by atoms with Crippen LogP contribution in [0, 0.1) is 0 Å². The summed E-state index contributed by atoms with van der Waals surface area (Å²) in [7, 11) is 0. The Kier molecular flexibility index (Phi) is 6.36. The van der Waals surface area contributed by atoms with Crippen LogP contribution in [-0.4, -0.2) is 18.0 Å². The highest BCUT2D eigenvalue weighted by Crippen LogP contribution is 2.05. The van der Waals surface area contributed by atoms with Gasteiger partial charge in [0.1, 0.15) is 0 Å². The van der Waals surface area contributed by atoms with Crippen molar-refractivity contribution in [2.75, 3.05) is 0 Å². The highest BCUT2D eigenvalue weighted by Gasteiger charge is 2.03. The highest BCUT2D eigenvalue weighted by atomic mass is 15.2. The van der Waals surface area contributed by atoms with E-state index in [0.29, 0.717) is 25.2 Å². The minimum atomic E-state index is 0.361. The summed E-state index contributed by atoms with van der Waals surface area (Å²) in [5.74, 6) is 0.850. The molecule has 0 amide bonds. The van der Waals surface area contributed by atoms with E-state index in [1.54, 1.807) is 0 Å². The van der Waals surface area contributed by atoms with Crippen LogP contribution >= 0.6 is 0 Å². The summed E-state index contributed by atoms with van der Waals surface area (Å²) in [6.07, 6.45) is 0. The SMILES string of the molecule is CC(C)NC(=NCc1cccc(CN)c1)NC(C)C. The molecule has 19 heavy (non-hydrogen) atoms. The van der Waals surface area contributed by atoms with Crippen molar-refractivity contribution < 1.29 is 0 Å². The molecule has 0 atom stereocenters. The normalized spacial score (nSPS) is 10.7. The summed E-state index contributed by atoms with van der Waals surface area (Å²) in [4.78, 5) is 4.60. The first-order valence-electron chi connectivity index (χ1n) is 6.86. The Bertz CT molecular complexity index is 398. The molecule has 0 saturated carbocycles. The third-order valence-corrected chi connectivity index (χ3v) is 2.50. The average Bonchev–Trinajstić information content (AvgIpc) is 2.35. The molecule has 0 heterocycles. The number of hydrogen-bond donors (Lipinski definition) is 3. The Morgan fingerprint density at radius 1 is 1.11 bits per heavy atom. The molecule has 1 aromatic rings. The molecular weight excluding hydrogens is 236 g/mol. The summed E-state index contributed by atoms with van der Waals surface area (Å²) in [6.45, 7) is 9.64. The van der Waals surface area contributed by atoms with E-state index in [1.807, 2.05) is 12.1 Å². The second-order valence-corrected chi connectivity index (χ2v) is 5.29. The first-order chi connectivity index (χ1) is 9.01. The molecule has 0 bridgehead atoms. The summed E-state index contributed by atoms with van der Waals surface area (Å²) < 4.78 is 0. The molecule has 0 radical (unpaired) electrons. The van der Waals surface area contributed by atoms with E-state index in [1.165, 1.54) is 5.56 Å². The number of nitrogens with two attached hydrogens (primary N) is 1. The van der Waals surface area contributed by atoms with Gasteiger partial charge in [-0.25, -0.2) is 4.99 Å². The fourth-order valence-electron chi connectivity index (χ4n) is 1.71. The van der Waals surface area contributed by atoms with Gasteiger partial charge in [-0.05, 0) is 38.8 Å². The van der Waals surface area contributed by atoms with Crippen LogP contribution in [0.1, 0.15) is 38.8 Å². The molecule has 4 heteroatoms. The summed E-state index contributed by atoms with van der Waals surface area (Å²) in [6, 6.07) is 8.96. The van der Waals surface area contributed by atoms with Gasteiger partial charge >= 0.3 is 0 Å². The molecule has 1 aromatic carbocycles. The van der Waals surface area contributed by atoms with Crippen molar-refractivity contribution in [1.29, 1.82) is 0 Å². The zero-order valence-corrected chi connectivity index (χ0v) is 12.4. The van der Waals surface area contributed by atoms with Gasteiger partial charge < -0.3 is 16.4 Å². The second-order valence-electron chi connectivity index (χ2n) is 5.29. The maximum atomic E-state index is 5.65. The van der Waals surface area contributed by atoms with E-state index in [9.17, 15) is 0 Å². The van der Waals surface area contributed by atoms with Gasteiger partial charge in [-0.2, -0.15) is 0 Å². The molecule has 0 saturated heterocycles. The van der Waals surface area contributed by atoms with E-state index < -0.39 is 0 Å². The lowest BCUT2D eigenvalue weighted by Gasteiger charge is -2.17. The molecule has 4 nitrogen and oxygen atoms in total. The Balaban J connectivity index is 2.72. The van der Waals surface area contributed by atoms with Gasteiger partial charge in [-0.3, -0.25) is 0 Å². The molecule has 0 aliphatic rings. The molecule has 106 valence electrons. The van der Waals surface area contributed by atoms with Crippen LogP contribution in [0.5, 0.6) is 0 Å². The first kappa shape index (κ1) is 15.5.